The summed E-state index contributed by atoms with van der Waals surface area (Å²) in [4.78, 5) is 4.18. The largest absolute Gasteiger partial charge is 0.257 e. The number of nitrogens with zero attached hydrogens (tertiary/aromatic N) is 1. The summed E-state index contributed by atoms with van der Waals surface area (Å²) in [6.07, 6.45) is 3.91. The monoisotopic (exact) mass is 131 g/mol. The van der Waals surface area contributed by atoms with Crippen molar-refractivity contribution in [2.45, 2.75) is 0 Å². The Labute approximate surface area is 56.3 Å². The molecule has 1 aromatic rings. The number of pyridine rings is 1. The van der Waals surface area contributed by atoms with Gasteiger partial charge in [0.2, 0.25) is 0 Å². The Bertz CT molecular complexity index is 255. The molecule has 0 N–H and O–H groups in total. The van der Waals surface area contributed by atoms with Crippen LogP contribution in [0.2, 0.25) is 0 Å². The van der Waals surface area contributed by atoms with Crippen LogP contribution in [-0.2, 0) is 0 Å². The number of fused-ring (bicyclic) bond motifs is 1. The van der Waals surface area contributed by atoms with Gasteiger partial charge in [0.05, 0.1) is 5.69 Å². The lowest BCUT2D eigenvalue weighted by Gasteiger charge is -1.91. The Kier molecular flexibility index (Phi) is 0.992. The van der Waals surface area contributed by atoms with Crippen LogP contribution in [0.4, 0.5) is 0 Å². The SMILES string of the molecule is C1=Cc2ncccc2[Si]1. The Morgan fingerprint density at radius 2 is 2.44 bits per heavy atom. The maximum absolute atomic E-state index is 4.18. The standard InChI is InChI=1S/C7H5NSi/c1-2-7-6(8-4-1)3-5-9-7/h1-5H. The third-order valence-corrected chi connectivity index (χ3v) is 2.39. The fraction of sp³-hybridized carbons (Fsp3) is 0. The van der Waals surface area contributed by atoms with Gasteiger partial charge in [0, 0.05) is 6.20 Å². The van der Waals surface area contributed by atoms with Crippen LogP contribution < -0.4 is 5.19 Å². The van der Waals surface area contributed by atoms with Crippen molar-refractivity contribution in [2.75, 3.05) is 0 Å². The van der Waals surface area contributed by atoms with Crippen molar-refractivity contribution in [3.05, 3.63) is 29.7 Å². The normalized spacial score (nSPS) is 13.8. The Morgan fingerprint density at radius 3 is 3.33 bits per heavy atom. The van der Waals surface area contributed by atoms with E-state index in [1.54, 1.807) is 0 Å². The third-order valence-electron chi connectivity index (χ3n) is 1.32. The fourth-order valence-corrected chi connectivity index (χ4v) is 1.79. The first kappa shape index (κ1) is 4.94. The highest BCUT2D eigenvalue weighted by Crippen LogP contribution is 1.98. The molecule has 1 aliphatic heterocycles. The maximum Gasteiger partial charge on any atom is 0.114 e. The van der Waals surface area contributed by atoms with Crippen LogP contribution in [0.15, 0.2) is 24.0 Å². The Balaban J connectivity index is 2.63. The molecular formula is C7H5NSi. The van der Waals surface area contributed by atoms with Crippen molar-refractivity contribution < 1.29 is 0 Å². The molecular weight excluding hydrogens is 126 g/mol. The van der Waals surface area contributed by atoms with Crippen molar-refractivity contribution in [3.8, 4) is 0 Å². The van der Waals surface area contributed by atoms with E-state index in [1.165, 1.54) is 5.19 Å². The van der Waals surface area contributed by atoms with Crippen LogP contribution in [0.1, 0.15) is 5.69 Å². The average Bonchev–Trinajstić information content (AvgIpc) is 2.33. The quantitative estimate of drug-likeness (QED) is 0.464. The molecule has 9 heavy (non-hydrogen) atoms. The molecule has 1 aliphatic rings. The highest BCUT2D eigenvalue weighted by Gasteiger charge is 2.03. The van der Waals surface area contributed by atoms with E-state index in [1.807, 2.05) is 12.3 Å². The van der Waals surface area contributed by atoms with E-state index in [9.17, 15) is 0 Å². The van der Waals surface area contributed by atoms with Gasteiger partial charge in [-0.05, 0) is 17.3 Å². The Morgan fingerprint density at radius 1 is 1.44 bits per heavy atom. The van der Waals surface area contributed by atoms with Crippen molar-refractivity contribution in [1.29, 1.82) is 0 Å². The molecule has 0 fully saturated rings. The van der Waals surface area contributed by atoms with E-state index in [0.717, 1.165) is 15.2 Å². The molecule has 0 unspecified atom stereocenters. The minimum atomic E-state index is 0.837. The number of rotatable bonds is 0. The van der Waals surface area contributed by atoms with Crippen molar-refractivity contribution in [2.24, 2.45) is 0 Å². The van der Waals surface area contributed by atoms with E-state index >= 15 is 0 Å². The van der Waals surface area contributed by atoms with E-state index in [4.69, 9.17) is 0 Å². The highest BCUT2D eigenvalue weighted by atomic mass is 28.2. The van der Waals surface area contributed by atoms with Gasteiger partial charge in [-0.2, -0.15) is 0 Å². The first-order chi connectivity index (χ1) is 4.47. The van der Waals surface area contributed by atoms with Crippen LogP contribution in [0.3, 0.4) is 0 Å². The molecule has 2 heterocycles. The first-order valence-electron chi connectivity index (χ1n) is 2.85. The zero-order valence-corrected chi connectivity index (χ0v) is 5.83. The Hall–Kier alpha value is -0.893. The lowest BCUT2D eigenvalue weighted by atomic mass is 10.3. The summed E-state index contributed by atoms with van der Waals surface area (Å²) in [5.74, 6) is 0. The number of hydrogen-bond donors (Lipinski definition) is 0. The summed E-state index contributed by atoms with van der Waals surface area (Å²) >= 11 is 0. The van der Waals surface area contributed by atoms with Gasteiger partial charge in [-0.15, -0.1) is 0 Å². The van der Waals surface area contributed by atoms with Gasteiger partial charge >= 0.3 is 0 Å². The molecule has 42 valence electrons. The molecule has 2 rings (SSSR count). The summed E-state index contributed by atoms with van der Waals surface area (Å²) < 4.78 is 0. The first-order valence-corrected chi connectivity index (χ1v) is 3.93. The van der Waals surface area contributed by atoms with Crippen molar-refractivity contribution in [3.63, 3.8) is 0 Å². The summed E-state index contributed by atoms with van der Waals surface area (Å²) in [6.45, 7) is 0. The van der Waals surface area contributed by atoms with Gasteiger partial charge in [-0.3, -0.25) is 4.98 Å². The molecule has 0 saturated carbocycles. The topological polar surface area (TPSA) is 12.9 Å². The van der Waals surface area contributed by atoms with E-state index in [2.05, 4.69) is 22.8 Å². The van der Waals surface area contributed by atoms with Gasteiger partial charge in [0.15, 0.2) is 0 Å². The highest BCUT2D eigenvalue weighted by molar-refractivity contribution is 6.62. The lowest BCUT2D eigenvalue weighted by molar-refractivity contribution is 1.32. The van der Waals surface area contributed by atoms with Gasteiger partial charge in [-0.25, -0.2) is 0 Å². The van der Waals surface area contributed by atoms with Gasteiger partial charge < -0.3 is 0 Å². The summed E-state index contributed by atoms with van der Waals surface area (Å²) in [5.41, 5.74) is 3.31. The zero-order valence-electron chi connectivity index (χ0n) is 4.83. The number of hydrogen-bond acceptors (Lipinski definition) is 1. The van der Waals surface area contributed by atoms with Crippen LogP contribution in [-0.4, -0.2) is 14.5 Å². The smallest absolute Gasteiger partial charge is 0.114 e. The molecule has 0 atom stereocenters. The molecule has 0 aliphatic carbocycles. The van der Waals surface area contributed by atoms with Crippen molar-refractivity contribution >= 4 is 20.8 Å². The molecule has 2 radical (unpaired) electrons. The maximum atomic E-state index is 4.18. The summed E-state index contributed by atoms with van der Waals surface area (Å²) in [5, 5.41) is 1.37. The predicted molar refractivity (Wildman–Crippen MR) is 38.7 cm³/mol. The minimum absolute atomic E-state index is 0.837. The van der Waals surface area contributed by atoms with Gasteiger partial charge in [-0.1, -0.05) is 11.8 Å². The molecule has 0 amide bonds. The van der Waals surface area contributed by atoms with Crippen LogP contribution >= 0.6 is 0 Å². The number of aromatic nitrogens is 1. The molecule has 0 saturated heterocycles. The van der Waals surface area contributed by atoms with E-state index in [0.29, 0.717) is 0 Å². The molecule has 2 heteroatoms. The van der Waals surface area contributed by atoms with E-state index < -0.39 is 0 Å². The van der Waals surface area contributed by atoms with Crippen molar-refractivity contribution in [1.82, 2.24) is 4.98 Å². The summed E-state index contributed by atoms with van der Waals surface area (Å²) in [6, 6.07) is 4.11. The fourth-order valence-electron chi connectivity index (χ4n) is 0.883. The average molecular weight is 131 g/mol. The van der Waals surface area contributed by atoms with Crippen LogP contribution in [0.5, 0.6) is 0 Å². The van der Waals surface area contributed by atoms with Crippen LogP contribution in [0, 0.1) is 0 Å². The molecule has 0 spiro atoms. The predicted octanol–water partition coefficient (Wildman–Crippen LogP) is 0.395. The molecule has 0 bridgehead atoms. The second-order valence-corrected chi connectivity index (χ2v) is 3.07. The second-order valence-electron chi connectivity index (χ2n) is 1.91. The van der Waals surface area contributed by atoms with E-state index in [-0.39, 0.29) is 0 Å². The zero-order chi connectivity index (χ0) is 6.10. The molecule has 1 nitrogen and oxygen atoms in total. The molecule has 1 aromatic heterocycles. The third kappa shape index (κ3) is 0.714. The second kappa shape index (κ2) is 1.81. The molecule has 0 aromatic carbocycles. The van der Waals surface area contributed by atoms with Crippen LogP contribution in [0.25, 0.3) is 6.08 Å². The lowest BCUT2D eigenvalue weighted by Crippen LogP contribution is -2.11. The van der Waals surface area contributed by atoms with Gasteiger partial charge in [0.25, 0.3) is 0 Å². The van der Waals surface area contributed by atoms with Gasteiger partial charge in [0.1, 0.15) is 9.52 Å². The summed E-state index contributed by atoms with van der Waals surface area (Å²) in [7, 11) is 0.837. The minimum Gasteiger partial charge on any atom is -0.257 e.